The van der Waals surface area contributed by atoms with Crippen molar-refractivity contribution >= 4 is 23.1 Å². The largest absolute Gasteiger partial charge is 0.384 e. The molecule has 5 nitrogen and oxygen atoms in total. The van der Waals surface area contributed by atoms with Gasteiger partial charge in [-0.25, -0.2) is 4.98 Å². The van der Waals surface area contributed by atoms with Gasteiger partial charge >= 0.3 is 0 Å². The van der Waals surface area contributed by atoms with Crippen LogP contribution >= 0.6 is 11.3 Å². The highest BCUT2D eigenvalue weighted by atomic mass is 32.1. The first kappa shape index (κ1) is 16.9. The summed E-state index contributed by atoms with van der Waals surface area (Å²) in [5, 5.41) is 17.2. The van der Waals surface area contributed by atoms with Gasteiger partial charge in [-0.05, 0) is 60.7 Å². The lowest BCUT2D eigenvalue weighted by Gasteiger charge is -2.29. The van der Waals surface area contributed by atoms with Crippen LogP contribution in [0.1, 0.15) is 42.1 Å². The van der Waals surface area contributed by atoms with E-state index in [1.807, 2.05) is 16.8 Å². The van der Waals surface area contributed by atoms with E-state index in [1.165, 1.54) is 17.8 Å². The SMILES string of the molecule is C[C@](O)(CNC(=O)c1cccnc1N1CCCCC1)c1ccsc1. The second-order valence-corrected chi connectivity index (χ2v) is 7.17. The number of carbonyl (C=O) groups is 1. The van der Waals surface area contributed by atoms with Gasteiger partial charge in [0.1, 0.15) is 11.4 Å². The van der Waals surface area contributed by atoms with Gasteiger partial charge in [-0.15, -0.1) is 0 Å². The molecule has 0 saturated carbocycles. The van der Waals surface area contributed by atoms with E-state index < -0.39 is 5.60 Å². The number of aliphatic hydroxyl groups is 1. The molecule has 24 heavy (non-hydrogen) atoms. The zero-order chi connectivity index (χ0) is 17.0. The molecule has 0 spiro atoms. The smallest absolute Gasteiger partial charge is 0.255 e. The lowest BCUT2D eigenvalue weighted by molar-refractivity contribution is 0.0530. The molecule has 0 bridgehead atoms. The van der Waals surface area contributed by atoms with Crippen molar-refractivity contribution in [2.24, 2.45) is 0 Å². The van der Waals surface area contributed by atoms with Crippen LogP contribution in [0.25, 0.3) is 0 Å². The number of hydrogen-bond donors (Lipinski definition) is 2. The van der Waals surface area contributed by atoms with E-state index in [0.29, 0.717) is 5.56 Å². The van der Waals surface area contributed by atoms with Gasteiger partial charge in [0, 0.05) is 19.3 Å². The number of carbonyl (C=O) groups excluding carboxylic acids is 1. The Morgan fingerprint density at radius 2 is 2.17 bits per heavy atom. The second-order valence-electron chi connectivity index (χ2n) is 6.39. The normalized spacial score (nSPS) is 17.3. The molecule has 2 N–H and O–H groups in total. The van der Waals surface area contributed by atoms with Gasteiger partial charge in [0.2, 0.25) is 0 Å². The van der Waals surface area contributed by atoms with E-state index in [9.17, 15) is 9.90 Å². The lowest BCUT2D eigenvalue weighted by Crippen LogP contribution is -2.39. The summed E-state index contributed by atoms with van der Waals surface area (Å²) in [5.41, 5.74) is 0.305. The van der Waals surface area contributed by atoms with Crippen molar-refractivity contribution in [3.8, 4) is 0 Å². The van der Waals surface area contributed by atoms with E-state index >= 15 is 0 Å². The Hall–Kier alpha value is -1.92. The second kappa shape index (κ2) is 7.32. The third kappa shape index (κ3) is 3.76. The number of anilines is 1. The molecule has 1 aliphatic heterocycles. The van der Waals surface area contributed by atoms with Gasteiger partial charge in [-0.2, -0.15) is 11.3 Å². The summed E-state index contributed by atoms with van der Waals surface area (Å²) in [6.45, 7) is 3.74. The molecule has 3 rings (SSSR count). The molecule has 0 aliphatic carbocycles. The molecule has 0 unspecified atom stereocenters. The molecule has 1 saturated heterocycles. The fraction of sp³-hybridized carbons (Fsp3) is 0.444. The van der Waals surface area contributed by atoms with Crippen LogP contribution in [0.2, 0.25) is 0 Å². The van der Waals surface area contributed by atoms with Crippen LogP contribution in [0.3, 0.4) is 0 Å². The topological polar surface area (TPSA) is 65.5 Å². The summed E-state index contributed by atoms with van der Waals surface area (Å²) < 4.78 is 0. The Kier molecular flexibility index (Phi) is 5.16. The minimum atomic E-state index is -1.08. The average molecular weight is 345 g/mol. The Balaban J connectivity index is 1.71. The molecule has 1 atom stereocenters. The minimum Gasteiger partial charge on any atom is -0.384 e. The van der Waals surface area contributed by atoms with Crippen molar-refractivity contribution in [2.45, 2.75) is 31.8 Å². The Labute approximate surface area is 146 Å². The van der Waals surface area contributed by atoms with Gasteiger partial charge in [0.05, 0.1) is 12.1 Å². The number of rotatable bonds is 5. The molecule has 2 aromatic rings. The van der Waals surface area contributed by atoms with Crippen LogP contribution in [0, 0.1) is 0 Å². The van der Waals surface area contributed by atoms with Crippen molar-refractivity contribution in [1.29, 1.82) is 0 Å². The standard InChI is InChI=1S/C18H23N3O2S/c1-18(23,14-7-11-24-12-14)13-20-17(22)15-6-5-8-19-16(15)21-9-3-2-4-10-21/h5-8,11-12,23H,2-4,9-10,13H2,1H3,(H,20,22)/t18-/m0/s1. The number of aromatic nitrogens is 1. The van der Waals surface area contributed by atoms with Crippen LogP contribution in [-0.4, -0.2) is 35.6 Å². The van der Waals surface area contributed by atoms with Crippen molar-refractivity contribution in [3.63, 3.8) is 0 Å². The molecule has 1 aliphatic rings. The molecule has 2 aromatic heterocycles. The van der Waals surface area contributed by atoms with Crippen LogP contribution in [-0.2, 0) is 5.60 Å². The number of piperidine rings is 1. The van der Waals surface area contributed by atoms with Crippen molar-refractivity contribution in [1.82, 2.24) is 10.3 Å². The summed E-state index contributed by atoms with van der Waals surface area (Å²) in [7, 11) is 0. The molecule has 0 radical (unpaired) electrons. The quantitative estimate of drug-likeness (QED) is 0.874. The number of thiophene rings is 1. The molecule has 128 valence electrons. The van der Waals surface area contributed by atoms with Gasteiger partial charge < -0.3 is 15.3 Å². The molecular formula is C18H23N3O2S. The van der Waals surface area contributed by atoms with E-state index in [-0.39, 0.29) is 12.5 Å². The van der Waals surface area contributed by atoms with Crippen molar-refractivity contribution in [3.05, 3.63) is 46.3 Å². The van der Waals surface area contributed by atoms with Gasteiger partial charge in [0.15, 0.2) is 0 Å². The van der Waals surface area contributed by atoms with Crippen molar-refractivity contribution < 1.29 is 9.90 Å². The number of hydrogen-bond acceptors (Lipinski definition) is 5. The minimum absolute atomic E-state index is 0.164. The molecule has 0 aromatic carbocycles. The number of nitrogens with zero attached hydrogens (tertiary/aromatic N) is 2. The Morgan fingerprint density at radius 3 is 2.88 bits per heavy atom. The van der Waals surface area contributed by atoms with Gasteiger partial charge in [-0.3, -0.25) is 4.79 Å². The van der Waals surface area contributed by atoms with E-state index in [4.69, 9.17) is 0 Å². The first-order chi connectivity index (χ1) is 11.6. The zero-order valence-corrected chi connectivity index (χ0v) is 14.7. The number of nitrogens with one attached hydrogen (secondary N) is 1. The highest BCUT2D eigenvalue weighted by Gasteiger charge is 2.26. The number of pyridine rings is 1. The van der Waals surface area contributed by atoms with Crippen molar-refractivity contribution in [2.75, 3.05) is 24.5 Å². The fourth-order valence-corrected chi connectivity index (χ4v) is 3.74. The highest BCUT2D eigenvalue weighted by Crippen LogP contribution is 2.24. The first-order valence-corrected chi connectivity index (χ1v) is 9.25. The van der Waals surface area contributed by atoms with Crippen LogP contribution in [0.4, 0.5) is 5.82 Å². The van der Waals surface area contributed by atoms with Gasteiger partial charge in [0.25, 0.3) is 5.91 Å². The number of amides is 1. The zero-order valence-electron chi connectivity index (χ0n) is 13.9. The summed E-state index contributed by atoms with van der Waals surface area (Å²) in [4.78, 5) is 19.2. The molecule has 1 fully saturated rings. The summed E-state index contributed by atoms with van der Waals surface area (Å²) in [5.74, 6) is 0.545. The van der Waals surface area contributed by atoms with E-state index in [1.54, 1.807) is 25.3 Å². The van der Waals surface area contributed by atoms with Gasteiger partial charge in [-0.1, -0.05) is 0 Å². The fourth-order valence-electron chi connectivity index (χ4n) is 2.95. The lowest BCUT2D eigenvalue weighted by atomic mass is 9.99. The monoisotopic (exact) mass is 345 g/mol. The summed E-state index contributed by atoms with van der Waals surface area (Å²) >= 11 is 1.53. The highest BCUT2D eigenvalue weighted by molar-refractivity contribution is 7.08. The predicted molar refractivity (Wildman–Crippen MR) is 96.5 cm³/mol. The van der Waals surface area contributed by atoms with Crippen LogP contribution in [0.5, 0.6) is 0 Å². The summed E-state index contributed by atoms with van der Waals surface area (Å²) in [6, 6.07) is 5.45. The maximum Gasteiger partial charge on any atom is 0.255 e. The predicted octanol–water partition coefficient (Wildman–Crippen LogP) is 2.77. The first-order valence-electron chi connectivity index (χ1n) is 8.31. The molecule has 6 heteroatoms. The van der Waals surface area contributed by atoms with Crippen LogP contribution in [0.15, 0.2) is 35.2 Å². The molecule has 3 heterocycles. The molecule has 1 amide bonds. The maximum absolute atomic E-state index is 12.6. The third-order valence-electron chi connectivity index (χ3n) is 4.42. The Morgan fingerprint density at radius 1 is 1.38 bits per heavy atom. The van der Waals surface area contributed by atoms with E-state index in [0.717, 1.165) is 37.3 Å². The average Bonchev–Trinajstić information content (AvgIpc) is 3.16. The Bertz CT molecular complexity index is 679. The third-order valence-corrected chi connectivity index (χ3v) is 5.11. The van der Waals surface area contributed by atoms with E-state index in [2.05, 4.69) is 15.2 Å². The maximum atomic E-state index is 12.6. The summed E-state index contributed by atoms with van der Waals surface area (Å²) in [6.07, 6.45) is 5.21. The van der Waals surface area contributed by atoms with Crippen LogP contribution < -0.4 is 10.2 Å². The molecular weight excluding hydrogens is 322 g/mol.